The molecule has 0 unspecified atom stereocenters. The highest BCUT2D eigenvalue weighted by atomic mass is 16.3. The molecule has 4 heteroatoms. The van der Waals surface area contributed by atoms with Gasteiger partial charge >= 0.3 is 0 Å². The van der Waals surface area contributed by atoms with Crippen LogP contribution in [-0.2, 0) is 0 Å². The fourth-order valence-corrected chi connectivity index (χ4v) is 3.07. The predicted octanol–water partition coefficient (Wildman–Crippen LogP) is 4.30. The van der Waals surface area contributed by atoms with Gasteiger partial charge in [-0.2, -0.15) is 0 Å². The molecule has 22 heavy (non-hydrogen) atoms. The third kappa shape index (κ3) is 1.41. The molecule has 0 aliphatic heterocycles. The molecule has 0 saturated carbocycles. The summed E-state index contributed by atoms with van der Waals surface area (Å²) in [5, 5.41) is 12.3. The lowest BCUT2D eigenvalue weighted by Gasteiger charge is -2.08. The molecule has 0 aliphatic carbocycles. The van der Waals surface area contributed by atoms with Crippen molar-refractivity contribution in [2.45, 2.75) is 0 Å². The van der Waals surface area contributed by atoms with Crippen LogP contribution in [0.15, 0.2) is 71.5 Å². The number of para-hydroxylation sites is 1. The third-order valence-corrected chi connectivity index (χ3v) is 4.05. The summed E-state index contributed by atoms with van der Waals surface area (Å²) >= 11 is 0. The number of furan rings is 1. The average molecular weight is 285 g/mol. The van der Waals surface area contributed by atoms with Crippen LogP contribution in [-0.4, -0.2) is 14.6 Å². The highest BCUT2D eigenvalue weighted by molar-refractivity contribution is 6.12. The lowest BCUT2D eigenvalue weighted by Crippen LogP contribution is -1.93. The monoisotopic (exact) mass is 285 g/mol. The molecule has 0 aliphatic rings. The molecule has 5 rings (SSSR count). The van der Waals surface area contributed by atoms with Gasteiger partial charge in [0.2, 0.25) is 0 Å². The van der Waals surface area contributed by atoms with E-state index in [4.69, 9.17) is 4.42 Å². The van der Waals surface area contributed by atoms with Gasteiger partial charge < -0.3 is 4.42 Å². The number of aromatic nitrogens is 3. The molecule has 2 aromatic carbocycles. The smallest absolute Gasteiger partial charge is 0.172 e. The van der Waals surface area contributed by atoms with E-state index < -0.39 is 0 Å². The molecule has 0 saturated heterocycles. The number of hydrogen-bond donors (Lipinski definition) is 0. The molecule has 0 radical (unpaired) electrons. The predicted molar refractivity (Wildman–Crippen MR) is 85.7 cm³/mol. The fraction of sp³-hybridized carbons (Fsp3) is 0. The Morgan fingerprint density at radius 3 is 2.36 bits per heavy atom. The minimum Gasteiger partial charge on any atom is -0.472 e. The van der Waals surface area contributed by atoms with E-state index in [-0.39, 0.29) is 0 Å². The van der Waals surface area contributed by atoms with Crippen LogP contribution in [0.2, 0.25) is 0 Å². The van der Waals surface area contributed by atoms with E-state index in [9.17, 15) is 0 Å². The molecule has 0 atom stereocenters. The van der Waals surface area contributed by atoms with Crippen LogP contribution >= 0.6 is 0 Å². The zero-order valence-electron chi connectivity index (χ0n) is 11.6. The van der Waals surface area contributed by atoms with E-state index in [2.05, 4.69) is 51.0 Å². The summed E-state index contributed by atoms with van der Waals surface area (Å²) in [6.45, 7) is 0. The first-order chi connectivity index (χ1) is 10.9. The first-order valence-electron chi connectivity index (χ1n) is 7.10. The van der Waals surface area contributed by atoms with Crippen LogP contribution in [0.3, 0.4) is 0 Å². The Balaban J connectivity index is 2.10. The minimum absolute atomic E-state index is 0.797. The van der Waals surface area contributed by atoms with Crippen molar-refractivity contribution in [1.82, 2.24) is 14.6 Å². The zero-order chi connectivity index (χ0) is 14.5. The zero-order valence-corrected chi connectivity index (χ0v) is 11.6. The summed E-state index contributed by atoms with van der Waals surface area (Å²) in [4.78, 5) is 0. The Hall–Kier alpha value is -3.14. The van der Waals surface area contributed by atoms with Crippen molar-refractivity contribution in [2.24, 2.45) is 0 Å². The average Bonchev–Trinajstić information content (AvgIpc) is 3.24. The summed E-state index contributed by atoms with van der Waals surface area (Å²) in [5.74, 6) is 0.797. The Morgan fingerprint density at radius 2 is 1.55 bits per heavy atom. The minimum atomic E-state index is 0.797. The second-order valence-corrected chi connectivity index (χ2v) is 5.26. The van der Waals surface area contributed by atoms with Crippen LogP contribution < -0.4 is 0 Å². The van der Waals surface area contributed by atoms with Crippen molar-refractivity contribution in [3.05, 3.63) is 67.1 Å². The Morgan fingerprint density at radius 1 is 0.773 bits per heavy atom. The van der Waals surface area contributed by atoms with Gasteiger partial charge in [0.05, 0.1) is 17.3 Å². The summed E-state index contributed by atoms with van der Waals surface area (Å²) in [6.07, 6.45) is 3.35. The van der Waals surface area contributed by atoms with E-state index >= 15 is 0 Å². The SMILES string of the molecule is c1ccc2c(c1)c1ccccc1n1c(-c3ccoc3)nnc21. The Kier molecular flexibility index (Phi) is 2.19. The Bertz CT molecular complexity index is 1120. The van der Waals surface area contributed by atoms with Crippen molar-refractivity contribution in [3.63, 3.8) is 0 Å². The van der Waals surface area contributed by atoms with E-state index in [1.165, 1.54) is 10.8 Å². The molecule has 0 fully saturated rings. The molecular formula is C18H11N3O. The van der Waals surface area contributed by atoms with Gasteiger partial charge in [0.15, 0.2) is 11.5 Å². The van der Waals surface area contributed by atoms with Crippen LogP contribution in [0, 0.1) is 0 Å². The van der Waals surface area contributed by atoms with Crippen LogP contribution in [0.1, 0.15) is 0 Å². The number of pyridine rings is 1. The molecule has 0 spiro atoms. The van der Waals surface area contributed by atoms with Crippen molar-refractivity contribution in [1.29, 1.82) is 0 Å². The van der Waals surface area contributed by atoms with Crippen LogP contribution in [0.25, 0.3) is 38.7 Å². The molecule has 104 valence electrons. The van der Waals surface area contributed by atoms with E-state index in [0.717, 1.165) is 27.9 Å². The first-order valence-corrected chi connectivity index (χ1v) is 7.10. The number of nitrogens with zero attached hydrogens (tertiary/aromatic N) is 3. The topological polar surface area (TPSA) is 43.3 Å². The van der Waals surface area contributed by atoms with E-state index in [0.29, 0.717) is 0 Å². The van der Waals surface area contributed by atoms with Gasteiger partial charge in [0, 0.05) is 10.8 Å². The van der Waals surface area contributed by atoms with E-state index in [1.54, 1.807) is 12.5 Å². The number of benzene rings is 2. The molecule has 3 aromatic heterocycles. The first kappa shape index (κ1) is 11.5. The lowest BCUT2D eigenvalue weighted by atomic mass is 10.1. The van der Waals surface area contributed by atoms with Crippen molar-refractivity contribution in [3.8, 4) is 11.4 Å². The number of rotatable bonds is 1. The van der Waals surface area contributed by atoms with Crippen molar-refractivity contribution < 1.29 is 4.42 Å². The van der Waals surface area contributed by atoms with Gasteiger partial charge in [-0.3, -0.25) is 4.40 Å². The lowest BCUT2D eigenvalue weighted by molar-refractivity contribution is 0.568. The van der Waals surface area contributed by atoms with Crippen molar-refractivity contribution >= 4 is 27.3 Å². The quantitative estimate of drug-likeness (QED) is 0.431. The Labute approximate surface area is 125 Å². The highest BCUT2D eigenvalue weighted by Crippen LogP contribution is 2.31. The molecule has 0 amide bonds. The van der Waals surface area contributed by atoms with Gasteiger partial charge in [-0.25, -0.2) is 0 Å². The third-order valence-electron chi connectivity index (χ3n) is 4.05. The molecule has 0 bridgehead atoms. The molecule has 3 heterocycles. The summed E-state index contributed by atoms with van der Waals surface area (Å²) < 4.78 is 7.31. The molecule has 5 aromatic rings. The maximum Gasteiger partial charge on any atom is 0.172 e. The molecule has 0 N–H and O–H groups in total. The van der Waals surface area contributed by atoms with Gasteiger partial charge in [-0.1, -0.05) is 42.5 Å². The van der Waals surface area contributed by atoms with Crippen molar-refractivity contribution in [2.75, 3.05) is 0 Å². The van der Waals surface area contributed by atoms with Crippen LogP contribution in [0.5, 0.6) is 0 Å². The van der Waals surface area contributed by atoms with Gasteiger partial charge in [-0.15, -0.1) is 10.2 Å². The van der Waals surface area contributed by atoms with Gasteiger partial charge in [0.25, 0.3) is 0 Å². The molecule has 4 nitrogen and oxygen atoms in total. The maximum atomic E-state index is 5.21. The normalized spacial score (nSPS) is 11.6. The van der Waals surface area contributed by atoms with Crippen LogP contribution in [0.4, 0.5) is 0 Å². The summed E-state index contributed by atoms with van der Waals surface area (Å²) in [6, 6.07) is 18.5. The molecular weight excluding hydrogens is 274 g/mol. The second-order valence-electron chi connectivity index (χ2n) is 5.26. The second kappa shape index (κ2) is 4.18. The largest absolute Gasteiger partial charge is 0.472 e. The fourth-order valence-electron chi connectivity index (χ4n) is 3.07. The summed E-state index contributed by atoms with van der Waals surface area (Å²) in [5.41, 5.74) is 2.89. The number of hydrogen-bond acceptors (Lipinski definition) is 3. The van der Waals surface area contributed by atoms with Gasteiger partial charge in [-0.05, 0) is 17.5 Å². The summed E-state index contributed by atoms with van der Waals surface area (Å²) in [7, 11) is 0. The standard InChI is InChI=1S/C18H11N3O/c1-2-7-15-13(5-1)14-6-3-4-8-16(14)21-17(19-20-18(15)21)12-9-10-22-11-12/h1-11H. The highest BCUT2D eigenvalue weighted by Gasteiger charge is 2.15. The van der Waals surface area contributed by atoms with Gasteiger partial charge in [0.1, 0.15) is 6.26 Å². The number of fused-ring (bicyclic) bond motifs is 6. The maximum absolute atomic E-state index is 5.21. The van der Waals surface area contributed by atoms with E-state index in [1.807, 2.05) is 18.2 Å².